The molecule has 0 fully saturated rings. The molecule has 8 heteroatoms. The monoisotopic (exact) mass is 245 g/mol. The van der Waals surface area contributed by atoms with Crippen molar-refractivity contribution in [3.05, 3.63) is 24.3 Å². The van der Waals surface area contributed by atoms with Crippen LogP contribution in [0.1, 0.15) is 0 Å². The summed E-state index contributed by atoms with van der Waals surface area (Å²) in [6.45, 7) is 0. The van der Waals surface area contributed by atoms with Crippen LogP contribution in [0, 0.1) is 0 Å². The molecule has 0 spiro atoms. The van der Waals surface area contributed by atoms with Gasteiger partial charge >= 0.3 is 10.2 Å². The number of nitrogens with zero attached hydrogens (tertiary/aromatic N) is 1. The summed E-state index contributed by atoms with van der Waals surface area (Å²) in [5, 5.41) is 0. The molecule has 1 aromatic carbocycles. The van der Waals surface area contributed by atoms with E-state index in [1.165, 1.54) is 0 Å². The summed E-state index contributed by atoms with van der Waals surface area (Å²) >= 11 is 0. The second kappa shape index (κ2) is 2.59. The van der Waals surface area contributed by atoms with E-state index in [0.717, 1.165) is 18.2 Å². The van der Waals surface area contributed by atoms with Gasteiger partial charge in [-0.05, 0) is 18.2 Å². The van der Waals surface area contributed by atoms with Crippen molar-refractivity contribution >= 4 is 22.0 Å². The lowest BCUT2D eigenvalue weighted by Crippen LogP contribution is -2.05. The lowest BCUT2D eigenvalue weighted by molar-refractivity contribution is 0.364. The summed E-state index contributed by atoms with van der Waals surface area (Å²) in [5.74, 6) is 0. The van der Waals surface area contributed by atoms with Crippen LogP contribution in [0.25, 0.3) is 0 Å². The minimum Gasteiger partial charge on any atom is -0.211 e. The maximum atomic E-state index is 12.2. The highest BCUT2D eigenvalue weighted by molar-refractivity contribution is 8.45. The molecule has 0 aliphatic carbocycles. The Labute approximate surface area is 81.2 Å². The maximum absolute atomic E-state index is 12.2. The SMILES string of the molecule is O=C=Nc1cccc(S(F)(F)(F)(F)F)c1. The third kappa shape index (κ3) is 3.03. The fourth-order valence-corrected chi connectivity index (χ4v) is 1.52. The van der Waals surface area contributed by atoms with Crippen LogP contribution >= 0.6 is 10.2 Å². The van der Waals surface area contributed by atoms with Crippen molar-refractivity contribution in [2.24, 2.45) is 4.99 Å². The zero-order valence-corrected chi connectivity index (χ0v) is 7.78. The molecule has 0 heterocycles. The van der Waals surface area contributed by atoms with Gasteiger partial charge in [0, 0.05) is 0 Å². The fraction of sp³-hybridized carbons (Fsp3) is 0. The van der Waals surface area contributed by atoms with E-state index in [-0.39, 0.29) is 12.1 Å². The number of hydrogen-bond acceptors (Lipinski definition) is 2. The number of halogens is 5. The Morgan fingerprint density at radius 1 is 1.13 bits per heavy atom. The number of isocyanates is 1. The van der Waals surface area contributed by atoms with Gasteiger partial charge in [0.25, 0.3) is 0 Å². The highest BCUT2D eigenvalue weighted by Gasteiger charge is 2.65. The van der Waals surface area contributed by atoms with Gasteiger partial charge in [-0.2, -0.15) is 4.99 Å². The fourth-order valence-electron chi connectivity index (χ4n) is 0.846. The number of aliphatic imine (C=N–C) groups is 1. The summed E-state index contributed by atoms with van der Waals surface area (Å²) in [7, 11) is -9.68. The summed E-state index contributed by atoms with van der Waals surface area (Å²) in [5.41, 5.74) is -0.518. The van der Waals surface area contributed by atoms with Gasteiger partial charge in [-0.1, -0.05) is 25.5 Å². The Bertz CT molecular complexity index is 447. The van der Waals surface area contributed by atoms with E-state index < -0.39 is 20.8 Å². The van der Waals surface area contributed by atoms with Crippen LogP contribution in [0.4, 0.5) is 25.1 Å². The Morgan fingerprint density at radius 3 is 2.20 bits per heavy atom. The normalized spacial score (nSPS) is 16.1. The third-order valence-electron chi connectivity index (χ3n) is 1.44. The Hall–Kier alpha value is -1.40. The average molecular weight is 245 g/mol. The van der Waals surface area contributed by atoms with E-state index in [0.29, 0.717) is 0 Å². The van der Waals surface area contributed by atoms with Crippen molar-refractivity contribution in [2.45, 2.75) is 4.90 Å². The molecule has 0 unspecified atom stereocenters. The molecular formula is C7H4F5NOS. The molecular weight excluding hydrogens is 241 g/mol. The Kier molecular flexibility index (Phi) is 2.01. The zero-order valence-electron chi connectivity index (χ0n) is 6.96. The molecule has 15 heavy (non-hydrogen) atoms. The van der Waals surface area contributed by atoms with Crippen LogP contribution < -0.4 is 0 Å². The van der Waals surface area contributed by atoms with Crippen molar-refractivity contribution in [3.8, 4) is 0 Å². The summed E-state index contributed by atoms with van der Waals surface area (Å²) < 4.78 is 61.1. The molecule has 2 nitrogen and oxygen atoms in total. The van der Waals surface area contributed by atoms with Gasteiger partial charge in [0.05, 0.1) is 5.69 Å². The molecule has 84 valence electrons. The van der Waals surface area contributed by atoms with Crippen molar-refractivity contribution in [2.75, 3.05) is 0 Å². The molecule has 0 bridgehead atoms. The van der Waals surface area contributed by atoms with Gasteiger partial charge in [-0.25, -0.2) is 4.79 Å². The smallest absolute Gasteiger partial charge is 0.211 e. The zero-order chi connectivity index (χ0) is 11.8. The van der Waals surface area contributed by atoms with Gasteiger partial charge in [0.15, 0.2) is 0 Å². The topological polar surface area (TPSA) is 29.4 Å². The minimum absolute atomic E-state index is 0.104. The summed E-state index contributed by atoms with van der Waals surface area (Å²) in [4.78, 5) is 10.5. The summed E-state index contributed by atoms with van der Waals surface area (Å²) in [6.07, 6.45) is 0.964. The van der Waals surface area contributed by atoms with Gasteiger partial charge in [0.2, 0.25) is 6.08 Å². The molecule has 1 rings (SSSR count). The molecule has 0 aliphatic heterocycles. The van der Waals surface area contributed by atoms with E-state index in [4.69, 9.17) is 0 Å². The van der Waals surface area contributed by atoms with Crippen LogP contribution in [0.15, 0.2) is 34.2 Å². The van der Waals surface area contributed by atoms with Gasteiger partial charge in [-0.3, -0.25) is 0 Å². The second-order valence-electron chi connectivity index (χ2n) is 2.67. The molecule has 0 aliphatic rings. The van der Waals surface area contributed by atoms with Crippen LogP contribution in [0.3, 0.4) is 0 Å². The standard InChI is InChI=1S/C7H4F5NOS/c8-15(9,10,11,12)7-3-1-2-6(4-7)13-5-14/h1-4H. The van der Waals surface area contributed by atoms with Crippen LogP contribution in [0.2, 0.25) is 0 Å². The second-order valence-corrected chi connectivity index (χ2v) is 5.08. The number of hydrogen-bond donors (Lipinski definition) is 0. The highest BCUT2D eigenvalue weighted by atomic mass is 32.5. The first-order chi connectivity index (χ1) is 6.53. The van der Waals surface area contributed by atoms with Gasteiger partial charge in [-0.15, -0.1) is 0 Å². The Morgan fingerprint density at radius 2 is 1.73 bits per heavy atom. The first-order valence-electron chi connectivity index (χ1n) is 3.45. The molecule has 0 amide bonds. The first-order valence-corrected chi connectivity index (χ1v) is 5.40. The average Bonchev–Trinajstić information content (AvgIpc) is 2.01. The van der Waals surface area contributed by atoms with E-state index in [9.17, 15) is 24.2 Å². The van der Waals surface area contributed by atoms with E-state index in [1.54, 1.807) is 0 Å². The maximum Gasteiger partial charge on any atom is 0.310 e. The first kappa shape index (κ1) is 11.7. The van der Waals surface area contributed by atoms with Crippen LogP contribution in [-0.4, -0.2) is 6.08 Å². The summed E-state index contributed by atoms with van der Waals surface area (Å²) in [6, 6.07) is 2.05. The number of rotatable bonds is 2. The van der Waals surface area contributed by atoms with E-state index in [1.807, 2.05) is 0 Å². The number of benzene rings is 1. The molecule has 0 aromatic heterocycles. The van der Waals surface area contributed by atoms with Crippen LogP contribution in [-0.2, 0) is 4.79 Å². The van der Waals surface area contributed by atoms with Crippen molar-refractivity contribution in [3.63, 3.8) is 0 Å². The van der Waals surface area contributed by atoms with Gasteiger partial charge in [0.1, 0.15) is 4.90 Å². The molecule has 0 atom stereocenters. The predicted octanol–water partition coefficient (Wildman–Crippen LogP) is 4.31. The molecule has 0 radical (unpaired) electrons. The van der Waals surface area contributed by atoms with Gasteiger partial charge < -0.3 is 0 Å². The van der Waals surface area contributed by atoms with Crippen LogP contribution in [0.5, 0.6) is 0 Å². The van der Waals surface area contributed by atoms with E-state index >= 15 is 0 Å². The van der Waals surface area contributed by atoms with Crippen molar-refractivity contribution < 1.29 is 24.2 Å². The lowest BCUT2D eigenvalue weighted by atomic mass is 10.3. The Balaban J connectivity index is 3.42. The largest absolute Gasteiger partial charge is 0.310 e. The van der Waals surface area contributed by atoms with E-state index in [2.05, 4.69) is 4.99 Å². The minimum atomic E-state index is -9.68. The molecule has 0 saturated heterocycles. The van der Waals surface area contributed by atoms with Crippen molar-refractivity contribution in [1.29, 1.82) is 0 Å². The predicted molar refractivity (Wildman–Crippen MR) is 45.6 cm³/mol. The lowest BCUT2D eigenvalue weighted by Gasteiger charge is -2.40. The third-order valence-corrected chi connectivity index (χ3v) is 2.58. The van der Waals surface area contributed by atoms with Crippen molar-refractivity contribution in [1.82, 2.24) is 0 Å². The molecule has 0 saturated carbocycles. The quantitative estimate of drug-likeness (QED) is 0.433. The molecule has 1 aromatic rings. The molecule has 0 N–H and O–H groups in total. The number of carbonyl (C=O) groups excluding carboxylic acids is 1. The highest BCUT2D eigenvalue weighted by Crippen LogP contribution is 3.02.